The maximum atomic E-state index is 6.12. The third-order valence-electron chi connectivity index (χ3n) is 2.58. The molecule has 0 unspecified atom stereocenters. The van der Waals surface area contributed by atoms with Crippen LogP contribution in [0.3, 0.4) is 0 Å². The van der Waals surface area contributed by atoms with Crippen LogP contribution in [-0.2, 0) is 0 Å². The fourth-order valence-corrected chi connectivity index (χ4v) is 2.01. The minimum absolute atomic E-state index is 0.245. The van der Waals surface area contributed by atoms with E-state index in [4.69, 9.17) is 23.2 Å². The second-order valence-corrected chi connectivity index (χ2v) is 5.00. The number of hydrogen-bond acceptors (Lipinski definition) is 2. The second kappa shape index (κ2) is 4.67. The molecule has 0 spiro atoms. The van der Waals surface area contributed by atoms with Crippen molar-refractivity contribution in [3.63, 3.8) is 0 Å². The van der Waals surface area contributed by atoms with E-state index in [1.54, 1.807) is 0 Å². The normalized spacial score (nSPS) is 11.2. The Morgan fingerprint density at radius 2 is 1.88 bits per heavy atom. The Balaban J connectivity index is 2.59. The number of rotatable bonds is 2. The molecular weight excluding hydrogens is 257 g/mol. The molecule has 0 bridgehead atoms. The van der Waals surface area contributed by atoms with E-state index in [0.717, 1.165) is 17.1 Å². The quantitative estimate of drug-likeness (QED) is 0.825. The first-order valence-electron chi connectivity index (χ1n) is 5.38. The molecule has 0 aliphatic heterocycles. The third kappa shape index (κ3) is 2.31. The molecule has 0 amide bonds. The highest BCUT2D eigenvalue weighted by Gasteiger charge is 2.15. The van der Waals surface area contributed by atoms with Crippen molar-refractivity contribution in [3.8, 4) is 5.69 Å². The summed E-state index contributed by atoms with van der Waals surface area (Å²) in [5.41, 5.74) is 1.92. The first kappa shape index (κ1) is 12.4. The van der Waals surface area contributed by atoms with Gasteiger partial charge in [0.1, 0.15) is 5.82 Å². The van der Waals surface area contributed by atoms with Gasteiger partial charge < -0.3 is 0 Å². The average Bonchev–Trinajstić information content (AvgIpc) is 2.64. The van der Waals surface area contributed by atoms with Gasteiger partial charge in [0, 0.05) is 10.9 Å². The highest BCUT2D eigenvalue weighted by atomic mass is 35.5. The lowest BCUT2D eigenvalue weighted by molar-refractivity contribution is 0.745. The Bertz CT molecular complexity index is 547. The summed E-state index contributed by atoms with van der Waals surface area (Å²) >= 11 is 12.2. The Morgan fingerprint density at radius 3 is 2.47 bits per heavy atom. The molecule has 1 aromatic carbocycles. The highest BCUT2D eigenvalue weighted by molar-refractivity contribution is 6.31. The van der Waals surface area contributed by atoms with Gasteiger partial charge in [0.05, 0.1) is 5.69 Å². The van der Waals surface area contributed by atoms with Gasteiger partial charge >= 0.3 is 0 Å². The lowest BCUT2D eigenvalue weighted by Gasteiger charge is -2.11. The highest BCUT2D eigenvalue weighted by Crippen LogP contribution is 2.25. The van der Waals surface area contributed by atoms with Crippen molar-refractivity contribution in [2.24, 2.45) is 0 Å². The predicted molar refractivity (Wildman–Crippen MR) is 70.2 cm³/mol. The summed E-state index contributed by atoms with van der Waals surface area (Å²) in [6, 6.07) is 5.79. The van der Waals surface area contributed by atoms with Crippen molar-refractivity contribution >= 4 is 23.2 Å². The first-order chi connectivity index (χ1) is 8.00. The number of aryl methyl sites for hydroxylation is 1. The third-order valence-corrected chi connectivity index (χ3v) is 3.23. The molecule has 0 saturated heterocycles. The molecule has 0 aliphatic rings. The van der Waals surface area contributed by atoms with E-state index in [0.29, 0.717) is 10.3 Å². The lowest BCUT2D eigenvalue weighted by Crippen LogP contribution is -2.03. The van der Waals surface area contributed by atoms with Crippen LogP contribution in [0.1, 0.15) is 31.2 Å². The first-order valence-corrected chi connectivity index (χ1v) is 6.13. The smallest absolute Gasteiger partial charge is 0.229 e. The molecule has 0 N–H and O–H groups in total. The Hall–Kier alpha value is -1.06. The number of nitrogens with zero attached hydrogens (tertiary/aromatic N) is 3. The maximum Gasteiger partial charge on any atom is 0.229 e. The van der Waals surface area contributed by atoms with Crippen LogP contribution in [0.25, 0.3) is 5.69 Å². The molecule has 0 radical (unpaired) electrons. The van der Waals surface area contributed by atoms with E-state index in [2.05, 4.69) is 10.2 Å². The summed E-state index contributed by atoms with van der Waals surface area (Å²) in [5.74, 6) is 1.07. The molecular formula is C12H13Cl2N3. The molecule has 3 nitrogen and oxygen atoms in total. The van der Waals surface area contributed by atoms with Gasteiger partial charge in [0.15, 0.2) is 0 Å². The fourth-order valence-electron chi connectivity index (χ4n) is 1.61. The molecule has 5 heteroatoms. The van der Waals surface area contributed by atoms with Crippen LogP contribution in [0.5, 0.6) is 0 Å². The van der Waals surface area contributed by atoms with E-state index in [1.807, 2.05) is 43.5 Å². The van der Waals surface area contributed by atoms with Gasteiger partial charge in [0.25, 0.3) is 0 Å². The SMILES string of the molecule is Cc1ccc(-n2c(Cl)nnc2C(C)C)cc1Cl. The van der Waals surface area contributed by atoms with Crippen LogP contribution in [0.15, 0.2) is 18.2 Å². The number of benzene rings is 1. The largest absolute Gasteiger partial charge is 0.269 e. The summed E-state index contributed by atoms with van der Waals surface area (Å²) in [7, 11) is 0. The minimum Gasteiger partial charge on any atom is -0.269 e. The predicted octanol–water partition coefficient (Wildman–Crippen LogP) is 4.01. The van der Waals surface area contributed by atoms with Crippen molar-refractivity contribution < 1.29 is 0 Å². The van der Waals surface area contributed by atoms with E-state index >= 15 is 0 Å². The van der Waals surface area contributed by atoms with Crippen molar-refractivity contribution in [3.05, 3.63) is 39.9 Å². The molecule has 0 fully saturated rings. The summed E-state index contributed by atoms with van der Waals surface area (Å²) in [5, 5.41) is 9.05. The molecule has 17 heavy (non-hydrogen) atoms. The van der Waals surface area contributed by atoms with Gasteiger partial charge in [-0.3, -0.25) is 4.57 Å². The fraction of sp³-hybridized carbons (Fsp3) is 0.333. The second-order valence-electron chi connectivity index (χ2n) is 4.25. The van der Waals surface area contributed by atoms with Crippen molar-refractivity contribution in [2.75, 3.05) is 0 Å². The molecule has 0 aliphatic carbocycles. The maximum absolute atomic E-state index is 6.12. The molecule has 90 valence electrons. The standard InChI is InChI=1S/C12H13Cl2N3/c1-7(2)11-15-16-12(14)17(11)9-5-4-8(3)10(13)6-9/h4-7H,1-3H3. The van der Waals surface area contributed by atoms with E-state index in [1.165, 1.54) is 0 Å². The topological polar surface area (TPSA) is 30.7 Å². The Kier molecular flexibility index (Phi) is 3.40. The molecule has 0 atom stereocenters. The molecule has 0 saturated carbocycles. The summed E-state index contributed by atoms with van der Waals surface area (Å²) in [4.78, 5) is 0. The van der Waals surface area contributed by atoms with Crippen molar-refractivity contribution in [1.29, 1.82) is 0 Å². The van der Waals surface area contributed by atoms with Crippen LogP contribution < -0.4 is 0 Å². The van der Waals surface area contributed by atoms with E-state index in [-0.39, 0.29) is 5.92 Å². The zero-order valence-corrected chi connectivity index (χ0v) is 11.4. The summed E-state index contributed by atoms with van der Waals surface area (Å²) in [6.45, 7) is 6.06. The molecule has 2 aromatic rings. The Morgan fingerprint density at radius 1 is 1.18 bits per heavy atom. The average molecular weight is 270 g/mol. The van der Waals surface area contributed by atoms with Crippen LogP contribution in [0.2, 0.25) is 10.3 Å². The van der Waals surface area contributed by atoms with E-state index < -0.39 is 0 Å². The molecule has 2 rings (SSSR count). The lowest BCUT2D eigenvalue weighted by atomic mass is 10.2. The minimum atomic E-state index is 0.245. The number of aromatic nitrogens is 3. The zero-order chi connectivity index (χ0) is 12.6. The molecule has 1 aromatic heterocycles. The van der Waals surface area contributed by atoms with Crippen LogP contribution in [0, 0.1) is 6.92 Å². The van der Waals surface area contributed by atoms with E-state index in [9.17, 15) is 0 Å². The van der Waals surface area contributed by atoms with Gasteiger partial charge in [-0.05, 0) is 36.2 Å². The van der Waals surface area contributed by atoms with Crippen LogP contribution in [0.4, 0.5) is 0 Å². The van der Waals surface area contributed by atoms with Gasteiger partial charge in [0.2, 0.25) is 5.28 Å². The van der Waals surface area contributed by atoms with Crippen LogP contribution in [-0.4, -0.2) is 14.8 Å². The number of halogens is 2. The van der Waals surface area contributed by atoms with Gasteiger partial charge in [-0.2, -0.15) is 0 Å². The summed E-state index contributed by atoms with van der Waals surface area (Å²) in [6.07, 6.45) is 0. The van der Waals surface area contributed by atoms with Crippen molar-refractivity contribution in [1.82, 2.24) is 14.8 Å². The van der Waals surface area contributed by atoms with Gasteiger partial charge in [-0.15, -0.1) is 10.2 Å². The summed E-state index contributed by atoms with van der Waals surface area (Å²) < 4.78 is 1.82. The number of hydrogen-bond donors (Lipinski definition) is 0. The van der Waals surface area contributed by atoms with Gasteiger partial charge in [-0.25, -0.2) is 0 Å². The Labute approximate surface area is 110 Å². The van der Waals surface area contributed by atoms with Crippen molar-refractivity contribution in [2.45, 2.75) is 26.7 Å². The molecule has 1 heterocycles. The monoisotopic (exact) mass is 269 g/mol. The van der Waals surface area contributed by atoms with Gasteiger partial charge in [-0.1, -0.05) is 31.5 Å². The van der Waals surface area contributed by atoms with Crippen LogP contribution >= 0.6 is 23.2 Å². The zero-order valence-electron chi connectivity index (χ0n) is 9.91.